The van der Waals surface area contributed by atoms with E-state index >= 15 is 0 Å². The highest BCUT2D eigenvalue weighted by atomic mass is 32.2. The molecule has 3 heterocycles. The quantitative estimate of drug-likeness (QED) is 0.580. The number of benzene rings is 1. The van der Waals surface area contributed by atoms with Gasteiger partial charge in [0, 0.05) is 24.0 Å². The number of amides is 2. The zero-order chi connectivity index (χ0) is 19.7. The smallest absolute Gasteiger partial charge is 0.354 e. The SMILES string of the molecule is COC(=O)C1=C([C@H]2CC=NO2)CS[C@@H]2[C@H](NC(=O)Cc3ccccc3)C(=O)N12. The molecule has 3 aliphatic rings. The summed E-state index contributed by atoms with van der Waals surface area (Å²) in [5.41, 5.74) is 1.77. The van der Waals surface area contributed by atoms with Crippen LogP contribution in [-0.4, -0.2) is 59.3 Å². The molecule has 0 radical (unpaired) electrons. The van der Waals surface area contributed by atoms with Gasteiger partial charge in [0.2, 0.25) is 5.91 Å². The van der Waals surface area contributed by atoms with Gasteiger partial charge in [-0.05, 0) is 5.56 Å². The van der Waals surface area contributed by atoms with E-state index in [9.17, 15) is 14.4 Å². The van der Waals surface area contributed by atoms with Crippen LogP contribution in [0.1, 0.15) is 12.0 Å². The summed E-state index contributed by atoms with van der Waals surface area (Å²) in [4.78, 5) is 44.2. The molecule has 1 aromatic rings. The van der Waals surface area contributed by atoms with Crippen molar-refractivity contribution >= 4 is 35.8 Å². The largest absolute Gasteiger partial charge is 0.464 e. The van der Waals surface area contributed by atoms with Gasteiger partial charge < -0.3 is 14.9 Å². The number of carbonyl (C=O) groups excluding carboxylic acids is 3. The number of rotatable bonds is 5. The van der Waals surface area contributed by atoms with Crippen LogP contribution >= 0.6 is 11.8 Å². The Morgan fingerprint density at radius 1 is 1.36 bits per heavy atom. The fraction of sp³-hybridized carbons (Fsp3) is 0.368. The minimum Gasteiger partial charge on any atom is -0.464 e. The maximum atomic E-state index is 12.8. The Labute approximate surface area is 165 Å². The standard InChI is InChI=1S/C19H19N3O5S/c1-26-19(25)16-12(13-7-8-20-27-13)10-28-18-15(17(24)22(16)18)21-14(23)9-11-5-3-2-4-6-11/h2-6,8,13,15,18H,7,9-10H2,1H3,(H,21,23)/t13-,15-,18-/m1/s1. The molecule has 1 aromatic carbocycles. The maximum absolute atomic E-state index is 12.8. The molecule has 0 aliphatic carbocycles. The van der Waals surface area contributed by atoms with Gasteiger partial charge in [0.05, 0.1) is 13.5 Å². The van der Waals surface area contributed by atoms with Crippen LogP contribution in [0.5, 0.6) is 0 Å². The summed E-state index contributed by atoms with van der Waals surface area (Å²) in [6.45, 7) is 0. The minimum absolute atomic E-state index is 0.195. The second-order valence-electron chi connectivity index (χ2n) is 6.60. The van der Waals surface area contributed by atoms with Crippen molar-refractivity contribution in [3.63, 3.8) is 0 Å². The zero-order valence-electron chi connectivity index (χ0n) is 15.2. The summed E-state index contributed by atoms with van der Waals surface area (Å²) >= 11 is 1.49. The third kappa shape index (κ3) is 3.26. The van der Waals surface area contributed by atoms with Crippen LogP contribution in [0.2, 0.25) is 0 Å². The molecular formula is C19H19N3O5S. The van der Waals surface area contributed by atoms with Gasteiger partial charge in [-0.3, -0.25) is 14.5 Å². The molecule has 0 aromatic heterocycles. The number of β-lactam (4-membered cyclic amide) rings is 1. The maximum Gasteiger partial charge on any atom is 0.354 e. The van der Waals surface area contributed by atoms with E-state index in [2.05, 4.69) is 10.5 Å². The van der Waals surface area contributed by atoms with Crippen LogP contribution in [0.15, 0.2) is 46.8 Å². The monoisotopic (exact) mass is 401 g/mol. The first kappa shape index (κ1) is 18.5. The van der Waals surface area contributed by atoms with Gasteiger partial charge in [0.25, 0.3) is 5.91 Å². The second kappa shape index (κ2) is 7.67. The number of nitrogens with zero attached hydrogens (tertiary/aromatic N) is 2. The fourth-order valence-electron chi connectivity index (χ4n) is 3.49. The highest BCUT2D eigenvalue weighted by Gasteiger charge is 2.55. The van der Waals surface area contributed by atoms with Crippen molar-refractivity contribution in [2.45, 2.75) is 30.4 Å². The van der Waals surface area contributed by atoms with Gasteiger partial charge >= 0.3 is 5.97 Å². The third-order valence-electron chi connectivity index (χ3n) is 4.87. The number of hydrogen-bond acceptors (Lipinski definition) is 7. The lowest BCUT2D eigenvalue weighted by Gasteiger charge is -2.50. The first-order valence-corrected chi connectivity index (χ1v) is 9.92. The highest BCUT2D eigenvalue weighted by Crippen LogP contribution is 2.42. The predicted molar refractivity (Wildman–Crippen MR) is 102 cm³/mol. The van der Waals surface area contributed by atoms with Gasteiger partial charge in [-0.1, -0.05) is 35.5 Å². The highest BCUT2D eigenvalue weighted by molar-refractivity contribution is 8.00. The molecule has 1 saturated heterocycles. The van der Waals surface area contributed by atoms with Crippen LogP contribution in [-0.2, 0) is 30.4 Å². The summed E-state index contributed by atoms with van der Waals surface area (Å²) in [7, 11) is 1.28. The molecule has 1 N–H and O–H groups in total. The number of oxime groups is 1. The Hall–Kier alpha value is -2.81. The molecule has 0 unspecified atom stereocenters. The Bertz CT molecular complexity index is 862. The predicted octanol–water partition coefficient (Wildman–Crippen LogP) is 0.831. The molecule has 8 nitrogen and oxygen atoms in total. The van der Waals surface area contributed by atoms with Gasteiger partial charge in [-0.2, -0.15) is 0 Å². The molecule has 3 aliphatic heterocycles. The van der Waals surface area contributed by atoms with Gasteiger partial charge in [0.1, 0.15) is 17.1 Å². The number of fused-ring (bicyclic) bond motifs is 1. The zero-order valence-corrected chi connectivity index (χ0v) is 16.0. The van der Waals surface area contributed by atoms with E-state index in [0.717, 1.165) is 5.56 Å². The number of thioether (sulfide) groups is 1. The molecule has 2 amide bonds. The molecule has 4 rings (SSSR count). The van der Waals surface area contributed by atoms with Crippen LogP contribution in [0.3, 0.4) is 0 Å². The average molecular weight is 401 g/mol. The minimum atomic E-state index is -0.664. The number of ether oxygens (including phenoxy) is 1. The van der Waals surface area contributed by atoms with Gasteiger partial charge in [-0.15, -0.1) is 11.8 Å². The summed E-state index contributed by atoms with van der Waals surface area (Å²) in [6.07, 6.45) is 2.00. The first-order valence-electron chi connectivity index (χ1n) is 8.87. The number of carbonyl (C=O) groups is 3. The first-order chi connectivity index (χ1) is 13.6. The third-order valence-corrected chi connectivity index (χ3v) is 6.17. The van der Waals surface area contributed by atoms with E-state index in [4.69, 9.17) is 9.57 Å². The van der Waals surface area contributed by atoms with E-state index in [1.807, 2.05) is 30.3 Å². The van der Waals surface area contributed by atoms with Crippen molar-refractivity contribution in [1.82, 2.24) is 10.2 Å². The van der Waals surface area contributed by atoms with Crippen molar-refractivity contribution in [2.75, 3.05) is 12.9 Å². The lowest BCUT2D eigenvalue weighted by molar-refractivity contribution is -0.152. The molecule has 9 heteroatoms. The van der Waals surface area contributed by atoms with Crippen LogP contribution in [0.25, 0.3) is 0 Å². The Morgan fingerprint density at radius 2 is 2.14 bits per heavy atom. The molecule has 3 atom stereocenters. The lowest BCUT2D eigenvalue weighted by Crippen LogP contribution is -2.71. The molecule has 0 saturated carbocycles. The van der Waals surface area contributed by atoms with E-state index in [-0.39, 0.29) is 35.4 Å². The lowest BCUT2D eigenvalue weighted by atomic mass is 9.99. The summed E-state index contributed by atoms with van der Waals surface area (Å²) < 4.78 is 4.89. The Kier molecular flexibility index (Phi) is 5.08. The van der Waals surface area contributed by atoms with Crippen LogP contribution in [0.4, 0.5) is 0 Å². The molecular weight excluding hydrogens is 382 g/mol. The average Bonchev–Trinajstić information content (AvgIpc) is 3.25. The Morgan fingerprint density at radius 3 is 2.82 bits per heavy atom. The molecule has 146 valence electrons. The summed E-state index contributed by atoms with van der Waals surface area (Å²) in [6, 6.07) is 8.66. The van der Waals surface area contributed by atoms with Crippen LogP contribution < -0.4 is 5.32 Å². The second-order valence-corrected chi connectivity index (χ2v) is 7.71. The van der Waals surface area contributed by atoms with Gasteiger partial charge in [-0.25, -0.2) is 4.79 Å². The number of esters is 1. The van der Waals surface area contributed by atoms with E-state index < -0.39 is 12.0 Å². The van der Waals surface area contributed by atoms with Crippen molar-refractivity contribution in [2.24, 2.45) is 5.16 Å². The van der Waals surface area contributed by atoms with Crippen molar-refractivity contribution in [1.29, 1.82) is 0 Å². The fourth-order valence-corrected chi connectivity index (χ4v) is 4.89. The number of hydrogen-bond donors (Lipinski definition) is 1. The summed E-state index contributed by atoms with van der Waals surface area (Å²) in [5.74, 6) is -0.641. The van der Waals surface area contributed by atoms with E-state index in [1.165, 1.54) is 23.8 Å². The van der Waals surface area contributed by atoms with E-state index in [0.29, 0.717) is 17.7 Å². The number of methoxy groups -OCH3 is 1. The topological polar surface area (TPSA) is 97.3 Å². The normalized spacial score (nSPS) is 25.7. The van der Waals surface area contributed by atoms with Gasteiger partial charge in [0.15, 0.2) is 6.10 Å². The summed E-state index contributed by atoms with van der Waals surface area (Å²) in [5, 5.41) is 6.21. The molecule has 28 heavy (non-hydrogen) atoms. The Balaban J connectivity index is 1.49. The molecule has 1 fully saturated rings. The van der Waals surface area contributed by atoms with Crippen molar-refractivity contribution in [3.05, 3.63) is 47.2 Å². The van der Waals surface area contributed by atoms with Crippen LogP contribution in [0, 0.1) is 0 Å². The number of nitrogens with one attached hydrogen (secondary N) is 1. The molecule has 0 spiro atoms. The molecule has 0 bridgehead atoms. The van der Waals surface area contributed by atoms with Crippen molar-refractivity contribution in [3.8, 4) is 0 Å². The van der Waals surface area contributed by atoms with E-state index in [1.54, 1.807) is 6.21 Å². The van der Waals surface area contributed by atoms with Crippen molar-refractivity contribution < 1.29 is 24.0 Å².